The molecule has 38 heavy (non-hydrogen) atoms. The smallest absolute Gasteiger partial charge is 0.341 e. The van der Waals surface area contributed by atoms with Crippen LogP contribution in [0.2, 0.25) is 5.02 Å². The van der Waals surface area contributed by atoms with Gasteiger partial charge in [-0.1, -0.05) is 29.8 Å². The molecule has 3 aromatic rings. The van der Waals surface area contributed by atoms with Crippen molar-refractivity contribution in [1.82, 2.24) is 9.88 Å². The molecule has 196 valence electrons. The fourth-order valence-corrected chi connectivity index (χ4v) is 5.95. The molecule has 3 aliphatic heterocycles. The first-order valence-electron chi connectivity index (χ1n) is 12.9. The van der Waals surface area contributed by atoms with Crippen molar-refractivity contribution in [3.05, 3.63) is 93.8 Å². The highest BCUT2D eigenvalue weighted by atomic mass is 35.5. The second-order valence-electron chi connectivity index (χ2n) is 9.96. The lowest BCUT2D eigenvalue weighted by atomic mass is 9.84. The van der Waals surface area contributed by atoms with Crippen LogP contribution in [0.3, 0.4) is 0 Å². The minimum absolute atomic E-state index is 0.191. The monoisotopic (exact) mass is 532 g/mol. The Bertz CT molecular complexity index is 1400. The SMILES string of the molecule is O=C(O)COc1ccc2c(c1)/C(=C/CCN1CCC3(CC1)OCc1cc(Cl)ccc13)c1cccnc1CO2. The molecule has 3 aliphatic rings. The van der Waals surface area contributed by atoms with Crippen LogP contribution in [0.4, 0.5) is 0 Å². The maximum Gasteiger partial charge on any atom is 0.341 e. The molecule has 1 fully saturated rings. The molecule has 0 saturated carbocycles. The molecule has 0 atom stereocenters. The van der Waals surface area contributed by atoms with Crippen LogP contribution in [0.25, 0.3) is 5.57 Å². The van der Waals surface area contributed by atoms with E-state index in [2.05, 4.69) is 28.1 Å². The van der Waals surface area contributed by atoms with E-state index in [1.807, 2.05) is 30.3 Å². The summed E-state index contributed by atoms with van der Waals surface area (Å²) in [5, 5.41) is 9.78. The highest BCUT2D eigenvalue weighted by Gasteiger charge is 2.42. The molecule has 0 unspecified atom stereocenters. The number of fused-ring (bicyclic) bond motifs is 4. The van der Waals surface area contributed by atoms with E-state index in [9.17, 15) is 4.79 Å². The van der Waals surface area contributed by atoms with Gasteiger partial charge in [0.2, 0.25) is 0 Å². The number of likely N-dealkylation sites (tertiary alicyclic amines) is 1. The number of carboxylic acid groups (broad SMARTS) is 1. The summed E-state index contributed by atoms with van der Waals surface area (Å²) in [6, 6.07) is 15.6. The topological polar surface area (TPSA) is 81.1 Å². The van der Waals surface area contributed by atoms with Crippen LogP contribution >= 0.6 is 11.6 Å². The number of aliphatic carboxylic acids is 1. The molecule has 7 nitrogen and oxygen atoms in total. The van der Waals surface area contributed by atoms with Gasteiger partial charge in [-0.2, -0.15) is 0 Å². The third kappa shape index (κ3) is 4.89. The summed E-state index contributed by atoms with van der Waals surface area (Å²) in [6.45, 7) is 3.47. The number of pyridine rings is 1. The van der Waals surface area contributed by atoms with Crippen LogP contribution in [-0.4, -0.2) is 47.2 Å². The number of aromatic nitrogens is 1. The summed E-state index contributed by atoms with van der Waals surface area (Å²) >= 11 is 6.19. The number of ether oxygens (including phenoxy) is 3. The lowest BCUT2D eigenvalue weighted by Crippen LogP contribution is -2.42. The van der Waals surface area contributed by atoms with Gasteiger partial charge < -0.3 is 24.2 Å². The molecule has 0 radical (unpaired) electrons. The minimum atomic E-state index is -1.01. The number of hydrogen-bond donors (Lipinski definition) is 1. The zero-order valence-corrected chi connectivity index (χ0v) is 21.7. The van der Waals surface area contributed by atoms with Crippen LogP contribution in [-0.2, 0) is 28.3 Å². The van der Waals surface area contributed by atoms with E-state index in [1.54, 1.807) is 12.3 Å². The fourth-order valence-electron chi connectivity index (χ4n) is 5.75. The molecule has 0 aliphatic carbocycles. The van der Waals surface area contributed by atoms with Gasteiger partial charge in [-0.05, 0) is 72.4 Å². The van der Waals surface area contributed by atoms with Crippen LogP contribution < -0.4 is 9.47 Å². The normalized spacial score (nSPS) is 18.8. The van der Waals surface area contributed by atoms with Gasteiger partial charge in [-0.3, -0.25) is 4.98 Å². The Morgan fingerprint density at radius 1 is 1.13 bits per heavy atom. The maximum absolute atomic E-state index is 11.0. The van der Waals surface area contributed by atoms with Crippen molar-refractivity contribution < 1.29 is 24.1 Å². The average Bonchev–Trinajstić information content (AvgIpc) is 3.18. The average molecular weight is 533 g/mol. The van der Waals surface area contributed by atoms with Gasteiger partial charge in [0.25, 0.3) is 0 Å². The Balaban J connectivity index is 1.19. The van der Waals surface area contributed by atoms with Gasteiger partial charge in [-0.25, -0.2) is 4.79 Å². The summed E-state index contributed by atoms with van der Waals surface area (Å²) in [5.41, 5.74) is 6.12. The first-order chi connectivity index (χ1) is 18.5. The molecule has 1 saturated heterocycles. The van der Waals surface area contributed by atoms with Gasteiger partial charge in [0, 0.05) is 42.0 Å². The first-order valence-corrected chi connectivity index (χ1v) is 13.3. The van der Waals surface area contributed by atoms with E-state index >= 15 is 0 Å². The standard InChI is InChI=1S/C30H29ClN2O5/c31-21-5-7-26-20(15-21)17-38-30(26)9-13-33(14-10-30)12-2-4-23-24-3-1-11-32-27(24)18-37-28-8-6-22(16-25(23)28)36-19-29(34)35/h1,3-8,11,15-16H,2,9-10,12-14,17-19H2,(H,34,35)/b23-4+. The lowest BCUT2D eigenvalue weighted by Gasteiger charge is -2.39. The van der Waals surface area contributed by atoms with Gasteiger partial charge in [0.05, 0.1) is 17.9 Å². The summed E-state index contributed by atoms with van der Waals surface area (Å²) in [6.07, 6.45) is 6.79. The molecule has 4 heterocycles. The van der Waals surface area contributed by atoms with E-state index < -0.39 is 12.6 Å². The highest BCUT2D eigenvalue weighted by Crippen LogP contribution is 2.45. The van der Waals surface area contributed by atoms with Crippen molar-refractivity contribution >= 4 is 23.1 Å². The zero-order valence-electron chi connectivity index (χ0n) is 21.0. The van der Waals surface area contributed by atoms with Gasteiger partial charge in [0.1, 0.15) is 18.1 Å². The summed E-state index contributed by atoms with van der Waals surface area (Å²) in [5.74, 6) is 0.210. The van der Waals surface area contributed by atoms with Crippen molar-refractivity contribution in [2.75, 3.05) is 26.2 Å². The van der Waals surface area contributed by atoms with Crippen molar-refractivity contribution in [2.24, 2.45) is 0 Å². The lowest BCUT2D eigenvalue weighted by molar-refractivity contribution is -0.139. The van der Waals surface area contributed by atoms with Crippen LogP contribution in [0.1, 0.15) is 47.2 Å². The Morgan fingerprint density at radius 2 is 2.00 bits per heavy atom. The zero-order chi connectivity index (χ0) is 26.1. The molecular formula is C30H29ClN2O5. The Labute approximate surface area is 226 Å². The van der Waals surface area contributed by atoms with Crippen molar-refractivity contribution in [3.8, 4) is 11.5 Å². The van der Waals surface area contributed by atoms with Gasteiger partial charge >= 0.3 is 5.97 Å². The van der Waals surface area contributed by atoms with Crippen LogP contribution in [0.5, 0.6) is 11.5 Å². The number of carbonyl (C=O) groups is 1. The number of rotatable bonds is 6. The van der Waals surface area contributed by atoms with E-state index in [-0.39, 0.29) is 5.60 Å². The first kappa shape index (κ1) is 24.9. The van der Waals surface area contributed by atoms with Gasteiger partial charge in [-0.15, -0.1) is 0 Å². The number of nitrogens with zero attached hydrogens (tertiary/aromatic N) is 2. The molecule has 6 rings (SSSR count). The molecule has 8 heteroatoms. The highest BCUT2D eigenvalue weighted by molar-refractivity contribution is 6.30. The van der Waals surface area contributed by atoms with Crippen molar-refractivity contribution in [3.63, 3.8) is 0 Å². The second kappa shape index (κ2) is 10.4. The predicted octanol–water partition coefficient (Wildman–Crippen LogP) is 5.43. The van der Waals surface area contributed by atoms with E-state index in [4.69, 9.17) is 30.9 Å². The van der Waals surface area contributed by atoms with Crippen LogP contribution in [0.15, 0.2) is 60.8 Å². The number of carboxylic acids is 1. The number of halogens is 1. The summed E-state index contributed by atoms with van der Waals surface area (Å²) in [7, 11) is 0. The largest absolute Gasteiger partial charge is 0.487 e. The minimum Gasteiger partial charge on any atom is -0.487 e. The van der Waals surface area contributed by atoms with E-state index in [0.29, 0.717) is 19.0 Å². The van der Waals surface area contributed by atoms with E-state index in [1.165, 1.54) is 11.1 Å². The fraction of sp³-hybridized carbons (Fsp3) is 0.333. The number of benzene rings is 2. The maximum atomic E-state index is 11.0. The Hall–Kier alpha value is -3.39. The molecule has 1 N–H and O–H groups in total. The molecule has 1 aromatic heterocycles. The predicted molar refractivity (Wildman–Crippen MR) is 143 cm³/mol. The third-order valence-electron chi connectivity index (χ3n) is 7.67. The van der Waals surface area contributed by atoms with Crippen molar-refractivity contribution in [2.45, 2.75) is 38.1 Å². The molecule has 1 spiro atoms. The molecule has 0 bridgehead atoms. The second-order valence-corrected chi connectivity index (χ2v) is 10.4. The van der Waals surface area contributed by atoms with Crippen molar-refractivity contribution in [1.29, 1.82) is 0 Å². The number of piperidine rings is 1. The Kier molecular flexibility index (Phi) is 6.82. The molecular weight excluding hydrogens is 504 g/mol. The third-order valence-corrected chi connectivity index (χ3v) is 7.90. The summed E-state index contributed by atoms with van der Waals surface area (Å²) < 4.78 is 17.9. The van der Waals surface area contributed by atoms with Crippen LogP contribution in [0, 0.1) is 0 Å². The molecule has 0 amide bonds. The molecule has 2 aromatic carbocycles. The van der Waals surface area contributed by atoms with E-state index in [0.717, 1.165) is 72.1 Å². The quantitative estimate of drug-likeness (QED) is 0.453. The Morgan fingerprint density at radius 3 is 2.84 bits per heavy atom. The summed E-state index contributed by atoms with van der Waals surface area (Å²) in [4.78, 5) is 18.0. The number of hydrogen-bond acceptors (Lipinski definition) is 6. The van der Waals surface area contributed by atoms with Gasteiger partial charge in [0.15, 0.2) is 6.61 Å².